The molecular weight excluding hydrogens is 266 g/mol. The second kappa shape index (κ2) is 4.75. The van der Waals surface area contributed by atoms with Crippen LogP contribution < -0.4 is 5.73 Å². The Morgan fingerprint density at radius 1 is 1.45 bits per heavy atom. The summed E-state index contributed by atoms with van der Waals surface area (Å²) in [4.78, 5) is 3.33. The van der Waals surface area contributed by atoms with Crippen molar-refractivity contribution in [1.82, 2.24) is 4.98 Å². The van der Waals surface area contributed by atoms with Crippen molar-refractivity contribution >= 4 is 17.9 Å². The average molecular weight is 287 g/mol. The van der Waals surface area contributed by atoms with Gasteiger partial charge in [-0.05, 0) is 35.3 Å². The van der Waals surface area contributed by atoms with Crippen molar-refractivity contribution in [3.8, 4) is 6.07 Å². The third-order valence-electron chi connectivity index (χ3n) is 3.96. The molecule has 4 heteroatoms. The molecule has 0 saturated carbocycles. The molecule has 1 heterocycles. The fourth-order valence-electron chi connectivity index (χ4n) is 3.51. The van der Waals surface area contributed by atoms with Gasteiger partial charge in [-0.25, -0.2) is 0 Å². The van der Waals surface area contributed by atoms with E-state index in [9.17, 15) is 0 Å². The zero-order valence-corrected chi connectivity index (χ0v) is 13.3. The summed E-state index contributed by atoms with van der Waals surface area (Å²) in [5.74, 6) is 0. The second-order valence-corrected chi connectivity index (χ2v) is 7.44. The van der Waals surface area contributed by atoms with E-state index in [-0.39, 0.29) is 10.8 Å². The molecule has 0 unspecified atom stereocenters. The summed E-state index contributed by atoms with van der Waals surface area (Å²) in [6.07, 6.45) is 3.43. The number of pyridine rings is 1. The molecule has 3 nitrogen and oxygen atoms in total. The molecule has 0 bridgehead atoms. The molecule has 1 aliphatic rings. The van der Waals surface area contributed by atoms with E-state index in [0.29, 0.717) is 10.3 Å². The lowest BCUT2D eigenvalue weighted by Crippen LogP contribution is -2.35. The number of hydrogen-bond donors (Lipinski definition) is 2. The van der Waals surface area contributed by atoms with Gasteiger partial charge in [0.15, 0.2) is 0 Å². The molecule has 0 radical (unpaired) electrons. The standard InChI is InChI=1S/C16H21N3S/c1-15(2)8-13-11(16(3,4)9-15)7-10(14(20)19-13)12(18)5-6-17/h5,7H,8-9,18H2,1-4H3,(H,19,20)/b12-5-. The SMILES string of the molecule is CC1(C)Cc2[nH]c(=S)c(/C(N)=C/C#N)cc2C(C)(C)C1. The highest BCUT2D eigenvalue weighted by Crippen LogP contribution is 2.45. The van der Waals surface area contributed by atoms with Crippen LogP contribution in [0.3, 0.4) is 0 Å². The van der Waals surface area contributed by atoms with E-state index in [1.54, 1.807) is 0 Å². The summed E-state index contributed by atoms with van der Waals surface area (Å²) in [6, 6.07) is 4.02. The number of aromatic nitrogens is 1. The maximum absolute atomic E-state index is 8.75. The third-order valence-corrected chi connectivity index (χ3v) is 4.28. The quantitative estimate of drug-likeness (QED) is 0.609. The largest absolute Gasteiger partial charge is 0.398 e. The molecule has 3 N–H and O–H groups in total. The van der Waals surface area contributed by atoms with Gasteiger partial charge in [-0.2, -0.15) is 5.26 Å². The van der Waals surface area contributed by atoms with Crippen molar-refractivity contribution in [2.75, 3.05) is 0 Å². The predicted octanol–water partition coefficient (Wildman–Crippen LogP) is 3.82. The topological polar surface area (TPSA) is 65.6 Å². The molecule has 0 fully saturated rings. The first-order valence-electron chi connectivity index (χ1n) is 6.79. The number of nitrogens with zero attached hydrogens (tertiary/aromatic N) is 1. The zero-order valence-electron chi connectivity index (χ0n) is 12.5. The van der Waals surface area contributed by atoms with Gasteiger partial charge in [0.2, 0.25) is 0 Å². The lowest BCUT2D eigenvalue weighted by molar-refractivity contribution is 0.227. The van der Waals surface area contributed by atoms with Crippen LogP contribution in [0.4, 0.5) is 0 Å². The number of nitrogens with one attached hydrogen (secondary N) is 1. The molecule has 0 aliphatic heterocycles. The van der Waals surface area contributed by atoms with Crippen LogP contribution >= 0.6 is 12.2 Å². The number of hydrogen-bond acceptors (Lipinski definition) is 3. The van der Waals surface area contributed by atoms with E-state index in [1.807, 2.05) is 6.07 Å². The number of rotatable bonds is 1. The minimum absolute atomic E-state index is 0.0677. The fourth-order valence-corrected chi connectivity index (χ4v) is 3.81. The van der Waals surface area contributed by atoms with Crippen molar-refractivity contribution in [1.29, 1.82) is 5.26 Å². The molecule has 106 valence electrons. The van der Waals surface area contributed by atoms with Gasteiger partial charge in [-0.1, -0.05) is 39.9 Å². The number of aromatic amines is 1. The highest BCUT2D eigenvalue weighted by Gasteiger charge is 2.38. The summed E-state index contributed by atoms with van der Waals surface area (Å²) < 4.78 is 0.612. The molecule has 1 aromatic heterocycles. The van der Waals surface area contributed by atoms with Crippen LogP contribution in [0.5, 0.6) is 0 Å². The van der Waals surface area contributed by atoms with Gasteiger partial charge in [-0.15, -0.1) is 0 Å². The molecule has 0 spiro atoms. The Morgan fingerprint density at radius 2 is 2.10 bits per heavy atom. The Labute approximate surface area is 125 Å². The van der Waals surface area contributed by atoms with Crippen molar-refractivity contribution in [2.45, 2.75) is 46.0 Å². The Bertz CT molecular complexity index is 672. The normalized spacial score (nSPS) is 20.1. The second-order valence-electron chi connectivity index (χ2n) is 7.03. The van der Waals surface area contributed by atoms with Crippen molar-refractivity contribution < 1.29 is 0 Å². The van der Waals surface area contributed by atoms with Crippen LogP contribution in [0.1, 0.15) is 50.9 Å². The smallest absolute Gasteiger partial charge is 0.112 e. The number of H-pyrrole nitrogens is 1. The van der Waals surface area contributed by atoms with Gasteiger partial charge in [0.05, 0.1) is 11.8 Å². The van der Waals surface area contributed by atoms with E-state index >= 15 is 0 Å². The van der Waals surface area contributed by atoms with Crippen LogP contribution in [0.25, 0.3) is 5.70 Å². The van der Waals surface area contributed by atoms with Gasteiger partial charge in [0.1, 0.15) is 4.64 Å². The van der Waals surface area contributed by atoms with Crippen molar-refractivity contribution in [3.05, 3.63) is 33.6 Å². The van der Waals surface area contributed by atoms with Gasteiger partial charge in [0.25, 0.3) is 0 Å². The van der Waals surface area contributed by atoms with E-state index < -0.39 is 0 Å². The Balaban J connectivity index is 2.66. The summed E-state index contributed by atoms with van der Waals surface area (Å²) in [6.45, 7) is 9.06. The van der Waals surface area contributed by atoms with E-state index in [1.165, 1.54) is 17.3 Å². The van der Waals surface area contributed by atoms with E-state index in [4.69, 9.17) is 23.2 Å². The maximum Gasteiger partial charge on any atom is 0.112 e. The molecule has 0 atom stereocenters. The Hall–Kier alpha value is -1.60. The van der Waals surface area contributed by atoms with Crippen LogP contribution in [-0.4, -0.2) is 4.98 Å². The summed E-state index contributed by atoms with van der Waals surface area (Å²) in [5.41, 5.74) is 9.90. The molecular formula is C16H21N3S. The van der Waals surface area contributed by atoms with Gasteiger partial charge in [-0.3, -0.25) is 0 Å². The van der Waals surface area contributed by atoms with Crippen LogP contribution in [0.2, 0.25) is 0 Å². The third kappa shape index (κ3) is 2.64. The summed E-state index contributed by atoms with van der Waals surface area (Å²) in [5, 5.41) is 8.75. The first kappa shape index (κ1) is 14.8. The minimum Gasteiger partial charge on any atom is -0.398 e. The maximum atomic E-state index is 8.75. The predicted molar refractivity (Wildman–Crippen MR) is 84.5 cm³/mol. The van der Waals surface area contributed by atoms with Gasteiger partial charge >= 0.3 is 0 Å². The monoisotopic (exact) mass is 287 g/mol. The molecule has 0 saturated heterocycles. The molecule has 1 aromatic rings. The molecule has 0 aromatic carbocycles. The van der Waals surface area contributed by atoms with Crippen LogP contribution in [-0.2, 0) is 11.8 Å². The molecule has 20 heavy (non-hydrogen) atoms. The lowest BCUT2D eigenvalue weighted by atomic mass is 9.64. The highest BCUT2D eigenvalue weighted by atomic mass is 32.1. The molecule has 0 amide bonds. The Kier molecular flexibility index (Phi) is 3.51. The molecule has 2 rings (SSSR count). The highest BCUT2D eigenvalue weighted by molar-refractivity contribution is 7.71. The lowest BCUT2D eigenvalue weighted by Gasteiger charge is -2.42. The minimum atomic E-state index is 0.0677. The first-order chi connectivity index (χ1) is 9.16. The van der Waals surface area contributed by atoms with Crippen LogP contribution in [0.15, 0.2) is 12.1 Å². The van der Waals surface area contributed by atoms with E-state index in [2.05, 4.69) is 38.7 Å². The number of nitriles is 1. The van der Waals surface area contributed by atoms with E-state index in [0.717, 1.165) is 18.4 Å². The summed E-state index contributed by atoms with van der Waals surface area (Å²) in [7, 11) is 0. The number of nitrogens with two attached hydrogens (primary N) is 1. The van der Waals surface area contributed by atoms with Gasteiger partial charge in [0, 0.05) is 17.3 Å². The summed E-state index contributed by atoms with van der Waals surface area (Å²) >= 11 is 5.39. The number of fused-ring (bicyclic) bond motifs is 1. The first-order valence-corrected chi connectivity index (χ1v) is 7.19. The zero-order chi connectivity index (χ0) is 15.1. The average Bonchev–Trinajstić information content (AvgIpc) is 2.25. The van der Waals surface area contributed by atoms with Crippen molar-refractivity contribution in [3.63, 3.8) is 0 Å². The number of allylic oxidation sites excluding steroid dienone is 1. The molecule has 1 aliphatic carbocycles. The Morgan fingerprint density at radius 3 is 2.70 bits per heavy atom. The fraction of sp³-hybridized carbons (Fsp3) is 0.500. The van der Waals surface area contributed by atoms with Gasteiger partial charge < -0.3 is 10.7 Å². The van der Waals surface area contributed by atoms with Crippen molar-refractivity contribution in [2.24, 2.45) is 11.1 Å². The van der Waals surface area contributed by atoms with Crippen LogP contribution in [0, 0.1) is 21.4 Å².